The minimum Gasteiger partial charge on any atom is -0.494 e. The van der Waals surface area contributed by atoms with Crippen LogP contribution in [0.5, 0.6) is 5.75 Å². The fraction of sp³-hybridized carbons (Fsp3) is 0.238. The second-order valence-corrected chi connectivity index (χ2v) is 7.72. The second kappa shape index (κ2) is 7.63. The van der Waals surface area contributed by atoms with Crippen LogP contribution in [-0.2, 0) is 11.3 Å². The zero-order valence-electron chi connectivity index (χ0n) is 16.4. The van der Waals surface area contributed by atoms with E-state index < -0.39 is 0 Å². The summed E-state index contributed by atoms with van der Waals surface area (Å²) in [4.78, 5) is 35.1. The topological polar surface area (TPSA) is 86.1 Å². The third-order valence-corrected chi connectivity index (χ3v) is 5.57. The van der Waals surface area contributed by atoms with Crippen LogP contribution in [0, 0.1) is 13.8 Å². The Kier molecular flexibility index (Phi) is 5.02. The summed E-state index contributed by atoms with van der Waals surface area (Å²) in [5.41, 5.74) is 2.98. The molecule has 0 spiro atoms. The molecule has 0 saturated heterocycles. The number of aryl methyl sites for hydroxylation is 2. The predicted octanol–water partition coefficient (Wildman–Crippen LogP) is 3.66. The molecule has 0 saturated carbocycles. The first-order chi connectivity index (χ1) is 14.0. The Morgan fingerprint density at radius 1 is 1.24 bits per heavy atom. The molecule has 0 fully saturated rings. The van der Waals surface area contributed by atoms with Gasteiger partial charge in [-0.25, -0.2) is 9.97 Å². The van der Waals surface area contributed by atoms with Crippen molar-refractivity contribution in [2.45, 2.75) is 27.3 Å². The average Bonchev–Trinajstić information content (AvgIpc) is 3.05. The minimum atomic E-state index is -0.302. The number of nitrogens with one attached hydrogen (secondary N) is 1. The number of benzene rings is 1. The molecule has 148 valence electrons. The predicted molar refractivity (Wildman–Crippen MR) is 115 cm³/mol. The molecule has 1 aromatic carbocycles. The third kappa shape index (κ3) is 3.71. The molecular weight excluding hydrogens is 388 g/mol. The van der Waals surface area contributed by atoms with Crippen LogP contribution in [0.15, 0.2) is 41.5 Å². The number of amides is 1. The molecule has 1 amide bonds. The smallest absolute Gasteiger partial charge is 0.271 e. The number of carbonyl (C=O) groups is 1. The largest absolute Gasteiger partial charge is 0.494 e. The first-order valence-corrected chi connectivity index (χ1v) is 10.1. The van der Waals surface area contributed by atoms with E-state index in [0.29, 0.717) is 22.5 Å². The molecule has 4 aromatic rings. The van der Waals surface area contributed by atoms with Gasteiger partial charge in [-0.2, -0.15) is 0 Å². The van der Waals surface area contributed by atoms with Crippen molar-refractivity contribution in [2.24, 2.45) is 0 Å². The number of thiophene rings is 1. The summed E-state index contributed by atoms with van der Waals surface area (Å²) >= 11 is 1.32. The van der Waals surface area contributed by atoms with E-state index >= 15 is 0 Å². The van der Waals surface area contributed by atoms with Gasteiger partial charge in [0.1, 0.15) is 21.8 Å². The fourth-order valence-electron chi connectivity index (χ4n) is 3.27. The first kappa shape index (κ1) is 19.1. The van der Waals surface area contributed by atoms with Crippen LogP contribution in [0.1, 0.15) is 18.2 Å². The Labute approximate surface area is 171 Å². The highest BCUT2D eigenvalue weighted by Crippen LogP contribution is 2.31. The lowest BCUT2D eigenvalue weighted by molar-refractivity contribution is -0.116. The van der Waals surface area contributed by atoms with Gasteiger partial charge >= 0.3 is 0 Å². The number of anilines is 1. The van der Waals surface area contributed by atoms with Gasteiger partial charge in [0.05, 0.1) is 18.5 Å². The monoisotopic (exact) mass is 408 g/mol. The number of rotatable bonds is 5. The molecule has 8 heteroatoms. The molecule has 4 rings (SSSR count). The molecule has 0 aliphatic carbocycles. The molecule has 29 heavy (non-hydrogen) atoms. The van der Waals surface area contributed by atoms with Gasteiger partial charge < -0.3 is 10.1 Å². The Bertz CT molecular complexity index is 1280. The Balaban J connectivity index is 1.60. The molecule has 0 unspecified atom stereocenters. The van der Waals surface area contributed by atoms with Gasteiger partial charge in [0.15, 0.2) is 0 Å². The number of ether oxygens (including phenoxy) is 1. The van der Waals surface area contributed by atoms with Gasteiger partial charge in [-0.1, -0.05) is 0 Å². The molecule has 0 bridgehead atoms. The van der Waals surface area contributed by atoms with Crippen molar-refractivity contribution < 1.29 is 9.53 Å². The second-order valence-electron chi connectivity index (χ2n) is 6.72. The van der Waals surface area contributed by atoms with E-state index in [2.05, 4.69) is 15.3 Å². The lowest BCUT2D eigenvalue weighted by Gasteiger charge is -2.08. The molecule has 0 aliphatic heterocycles. The summed E-state index contributed by atoms with van der Waals surface area (Å²) in [6.07, 6.45) is 1.42. The first-order valence-electron chi connectivity index (χ1n) is 9.25. The highest BCUT2D eigenvalue weighted by molar-refractivity contribution is 7.25. The Hall–Kier alpha value is -3.26. The summed E-state index contributed by atoms with van der Waals surface area (Å²) in [7, 11) is 0. The maximum absolute atomic E-state index is 12.9. The molecule has 7 nitrogen and oxygen atoms in total. The summed E-state index contributed by atoms with van der Waals surface area (Å²) in [5.74, 6) is 0.434. The third-order valence-electron chi connectivity index (χ3n) is 4.51. The van der Waals surface area contributed by atoms with Crippen molar-refractivity contribution in [2.75, 3.05) is 11.9 Å². The van der Waals surface area contributed by atoms with Crippen LogP contribution in [-0.4, -0.2) is 27.0 Å². The normalized spacial score (nSPS) is 11.1. The van der Waals surface area contributed by atoms with Crippen molar-refractivity contribution in [3.63, 3.8) is 0 Å². The van der Waals surface area contributed by atoms with E-state index in [0.717, 1.165) is 27.2 Å². The zero-order valence-corrected chi connectivity index (χ0v) is 17.2. The maximum atomic E-state index is 12.9. The molecule has 3 aromatic heterocycles. The van der Waals surface area contributed by atoms with E-state index in [9.17, 15) is 9.59 Å². The van der Waals surface area contributed by atoms with Crippen LogP contribution in [0.2, 0.25) is 0 Å². The summed E-state index contributed by atoms with van der Waals surface area (Å²) in [6, 6.07) is 9.07. The molecule has 1 N–H and O–H groups in total. The number of hydrogen-bond acceptors (Lipinski definition) is 6. The quantitative estimate of drug-likeness (QED) is 0.545. The van der Waals surface area contributed by atoms with Gasteiger partial charge in [0.2, 0.25) is 5.91 Å². The zero-order chi connectivity index (χ0) is 20.5. The highest BCUT2D eigenvalue weighted by atomic mass is 32.1. The van der Waals surface area contributed by atoms with Crippen molar-refractivity contribution in [1.82, 2.24) is 14.5 Å². The van der Waals surface area contributed by atoms with Crippen molar-refractivity contribution in [3.8, 4) is 5.75 Å². The summed E-state index contributed by atoms with van der Waals surface area (Å²) < 4.78 is 7.22. The number of aromatic nitrogens is 3. The van der Waals surface area contributed by atoms with Crippen LogP contribution < -0.4 is 15.6 Å². The molecule has 0 radical (unpaired) electrons. The molecular formula is C21H20N4O3S. The number of nitrogens with zero attached hydrogens (tertiary/aromatic N) is 3. The maximum Gasteiger partial charge on any atom is 0.271 e. The number of fused-ring (bicyclic) bond motifs is 3. The van der Waals surface area contributed by atoms with Crippen LogP contribution >= 0.6 is 11.3 Å². The summed E-state index contributed by atoms with van der Waals surface area (Å²) in [5, 5.41) is 3.69. The Morgan fingerprint density at radius 3 is 2.72 bits per heavy atom. The van der Waals surface area contributed by atoms with Crippen molar-refractivity contribution in [3.05, 3.63) is 58.3 Å². The number of pyridine rings is 1. The SMILES string of the molecule is CCOc1ccc(NC(=O)Cn2cnc3c(sc4nc(C)cc(C)c43)c2=O)cc1. The summed E-state index contributed by atoms with van der Waals surface area (Å²) in [6.45, 7) is 6.28. The van der Waals surface area contributed by atoms with E-state index in [-0.39, 0.29) is 18.0 Å². The lowest BCUT2D eigenvalue weighted by atomic mass is 10.1. The number of hydrogen-bond donors (Lipinski definition) is 1. The molecule has 0 atom stereocenters. The van der Waals surface area contributed by atoms with E-state index in [1.165, 1.54) is 22.2 Å². The van der Waals surface area contributed by atoms with Gasteiger partial charge in [-0.15, -0.1) is 11.3 Å². The number of carbonyl (C=O) groups excluding carboxylic acids is 1. The molecule has 0 aliphatic rings. The van der Waals surface area contributed by atoms with Crippen molar-refractivity contribution in [1.29, 1.82) is 0 Å². The fourth-order valence-corrected chi connectivity index (χ4v) is 4.47. The highest BCUT2D eigenvalue weighted by Gasteiger charge is 2.16. The minimum absolute atomic E-state index is 0.116. The Morgan fingerprint density at radius 2 is 2.00 bits per heavy atom. The van der Waals surface area contributed by atoms with Crippen LogP contribution in [0.4, 0.5) is 5.69 Å². The van der Waals surface area contributed by atoms with Gasteiger partial charge in [-0.05, 0) is 56.7 Å². The lowest BCUT2D eigenvalue weighted by Crippen LogP contribution is -2.27. The standard InChI is InChI=1S/C21H20N4O3S/c1-4-28-15-7-5-14(6-8-15)24-16(26)10-25-11-22-18-17-12(2)9-13(3)23-20(17)29-19(18)21(25)27/h5-9,11H,4,10H2,1-3H3,(H,24,26). The van der Waals surface area contributed by atoms with E-state index in [1.807, 2.05) is 26.8 Å². The van der Waals surface area contributed by atoms with Gasteiger partial charge in [0.25, 0.3) is 5.56 Å². The van der Waals surface area contributed by atoms with Crippen LogP contribution in [0.3, 0.4) is 0 Å². The van der Waals surface area contributed by atoms with Crippen LogP contribution in [0.25, 0.3) is 20.4 Å². The van der Waals surface area contributed by atoms with Gasteiger partial charge in [0, 0.05) is 16.8 Å². The van der Waals surface area contributed by atoms with Crippen molar-refractivity contribution >= 4 is 43.4 Å². The van der Waals surface area contributed by atoms with Gasteiger partial charge in [-0.3, -0.25) is 14.2 Å². The molecule has 3 heterocycles. The van der Waals surface area contributed by atoms with E-state index in [1.54, 1.807) is 24.3 Å². The van der Waals surface area contributed by atoms with E-state index in [4.69, 9.17) is 4.74 Å². The average molecular weight is 408 g/mol.